The van der Waals surface area contributed by atoms with Crippen molar-refractivity contribution in [3.8, 4) is 11.5 Å². The van der Waals surface area contributed by atoms with Gasteiger partial charge in [-0.2, -0.15) is 0 Å². The number of imide groups is 1. The Bertz CT molecular complexity index is 1580. The van der Waals surface area contributed by atoms with E-state index in [0.29, 0.717) is 16.9 Å². The lowest BCUT2D eigenvalue weighted by atomic mass is 9.90. The molecule has 0 saturated carbocycles. The summed E-state index contributed by atoms with van der Waals surface area (Å²) in [5.41, 5.74) is 1.93. The van der Waals surface area contributed by atoms with Crippen molar-refractivity contribution < 1.29 is 33.1 Å². The second-order valence-electron chi connectivity index (χ2n) is 9.31. The third-order valence-electron chi connectivity index (χ3n) is 6.95. The number of methoxy groups -OCH3 is 1. The summed E-state index contributed by atoms with van der Waals surface area (Å²) in [4.78, 5) is 47.2. The third-order valence-corrected chi connectivity index (χ3v) is 6.95. The Morgan fingerprint density at radius 3 is 2.10 bits per heavy atom. The van der Waals surface area contributed by atoms with Gasteiger partial charge in [0.25, 0.3) is 5.91 Å². The maximum absolute atomic E-state index is 13.8. The molecule has 0 radical (unpaired) electrons. The molecule has 200 valence electrons. The lowest BCUT2D eigenvalue weighted by molar-refractivity contribution is -0.126. The molecular weight excluding hydrogens is 515 g/mol. The number of hydrogen-bond acceptors (Lipinski definition) is 7. The largest absolute Gasteiger partial charge is 0.493 e. The van der Waals surface area contributed by atoms with Crippen LogP contribution in [0.3, 0.4) is 0 Å². The number of ether oxygens (including phenoxy) is 2. The Kier molecular flexibility index (Phi) is 6.49. The number of rotatable bonds is 6. The topological polar surface area (TPSA) is 85.4 Å². The van der Waals surface area contributed by atoms with Gasteiger partial charge in [0.2, 0.25) is 5.91 Å². The minimum absolute atomic E-state index is 0.141. The van der Waals surface area contributed by atoms with Crippen molar-refractivity contribution in [3.05, 3.63) is 120 Å². The van der Waals surface area contributed by atoms with Gasteiger partial charge >= 0.3 is 5.97 Å². The van der Waals surface area contributed by atoms with Crippen molar-refractivity contribution in [2.45, 2.75) is 12.1 Å². The molecule has 8 nitrogen and oxygen atoms in total. The fraction of sp³-hybridized carbons (Fsp3) is 0.129. The van der Waals surface area contributed by atoms with Gasteiger partial charge in [-0.15, -0.1) is 0 Å². The Labute approximate surface area is 229 Å². The van der Waals surface area contributed by atoms with Gasteiger partial charge in [0.15, 0.2) is 17.6 Å². The number of anilines is 2. The highest BCUT2D eigenvalue weighted by Crippen LogP contribution is 2.48. The number of para-hydroxylation sites is 2. The number of amides is 2. The molecule has 0 spiro atoms. The number of carbonyl (C=O) groups excluding carboxylic acids is 3. The number of carbonyl (C=O) groups is 3. The van der Waals surface area contributed by atoms with E-state index in [1.807, 2.05) is 36.4 Å². The molecular formula is C31H23FN2O6. The summed E-state index contributed by atoms with van der Waals surface area (Å²) in [5.74, 6) is -2.44. The van der Waals surface area contributed by atoms with Gasteiger partial charge < -0.3 is 9.47 Å². The van der Waals surface area contributed by atoms with Crippen LogP contribution in [0.1, 0.15) is 22.0 Å². The van der Waals surface area contributed by atoms with Crippen LogP contribution in [0.25, 0.3) is 0 Å². The van der Waals surface area contributed by atoms with E-state index in [2.05, 4.69) is 0 Å². The minimum Gasteiger partial charge on any atom is -0.493 e. The molecule has 2 saturated heterocycles. The molecule has 0 aliphatic carbocycles. The number of benzene rings is 4. The summed E-state index contributed by atoms with van der Waals surface area (Å²) in [7, 11) is 1.43. The van der Waals surface area contributed by atoms with Crippen LogP contribution in [0.4, 0.5) is 15.8 Å². The molecule has 2 amide bonds. The van der Waals surface area contributed by atoms with Crippen LogP contribution in [-0.4, -0.2) is 31.0 Å². The van der Waals surface area contributed by atoms with E-state index in [9.17, 15) is 18.8 Å². The van der Waals surface area contributed by atoms with Crippen LogP contribution in [-0.2, 0) is 14.4 Å². The maximum Gasteiger partial charge on any atom is 0.343 e. The zero-order valence-electron chi connectivity index (χ0n) is 21.3. The summed E-state index contributed by atoms with van der Waals surface area (Å²) in [6, 6.07) is 27.1. The fourth-order valence-corrected chi connectivity index (χ4v) is 5.08. The third kappa shape index (κ3) is 4.36. The fourth-order valence-electron chi connectivity index (χ4n) is 5.08. The van der Waals surface area contributed by atoms with Gasteiger partial charge in [0.1, 0.15) is 11.7 Å². The van der Waals surface area contributed by atoms with Crippen LogP contribution in [0.5, 0.6) is 11.5 Å². The van der Waals surface area contributed by atoms with Crippen molar-refractivity contribution in [1.29, 1.82) is 0 Å². The second kappa shape index (κ2) is 10.3. The zero-order chi connectivity index (χ0) is 27.8. The van der Waals surface area contributed by atoms with E-state index >= 15 is 0 Å². The molecule has 2 heterocycles. The lowest BCUT2D eigenvalue weighted by Gasteiger charge is -2.29. The number of nitrogens with zero attached hydrogens (tertiary/aromatic N) is 2. The smallest absolute Gasteiger partial charge is 0.343 e. The molecule has 0 bridgehead atoms. The first-order valence-electron chi connectivity index (χ1n) is 12.6. The Balaban J connectivity index is 1.37. The molecule has 40 heavy (non-hydrogen) atoms. The van der Waals surface area contributed by atoms with E-state index < -0.39 is 35.8 Å². The lowest BCUT2D eigenvalue weighted by Crippen LogP contribution is -2.37. The van der Waals surface area contributed by atoms with Gasteiger partial charge in [-0.3, -0.25) is 14.4 Å². The van der Waals surface area contributed by atoms with Crippen molar-refractivity contribution in [2.24, 2.45) is 5.92 Å². The summed E-state index contributed by atoms with van der Waals surface area (Å²) < 4.78 is 24.3. The molecule has 4 aromatic rings. The molecule has 2 aliphatic heterocycles. The first kappa shape index (κ1) is 25.3. The van der Waals surface area contributed by atoms with Gasteiger partial charge in [-0.1, -0.05) is 42.5 Å². The summed E-state index contributed by atoms with van der Waals surface area (Å²) in [5, 5.41) is 1.58. The van der Waals surface area contributed by atoms with Crippen molar-refractivity contribution in [2.75, 3.05) is 17.1 Å². The Morgan fingerprint density at radius 1 is 0.800 bits per heavy atom. The molecule has 2 aliphatic rings. The van der Waals surface area contributed by atoms with Crippen LogP contribution in [0.2, 0.25) is 0 Å². The standard InChI is InChI=1S/C31H23FN2O6/c1-38-25-18-20(14-17-24(25)39-31(37)19-12-15-21(32)16-13-19)27-26-28(40-34(27)23-10-6-3-7-11-23)30(36)33(29(26)35)22-8-4-2-5-9-22/h2-18,26-28H,1H3. The number of fused-ring (bicyclic) bond motifs is 1. The second-order valence-corrected chi connectivity index (χ2v) is 9.31. The Hall–Kier alpha value is -5.02. The summed E-state index contributed by atoms with van der Waals surface area (Å²) in [6.07, 6.45) is -1.03. The Morgan fingerprint density at radius 2 is 1.45 bits per heavy atom. The molecule has 6 rings (SSSR count). The highest BCUT2D eigenvalue weighted by atomic mass is 19.1. The number of hydrogen-bond donors (Lipinski definition) is 0. The average molecular weight is 539 g/mol. The molecule has 0 aromatic heterocycles. The number of hydroxylamine groups is 1. The van der Waals surface area contributed by atoms with Crippen LogP contribution >= 0.6 is 0 Å². The molecule has 0 N–H and O–H groups in total. The van der Waals surface area contributed by atoms with E-state index in [0.717, 1.165) is 0 Å². The van der Waals surface area contributed by atoms with Crippen molar-refractivity contribution in [3.63, 3.8) is 0 Å². The molecule has 4 aromatic carbocycles. The van der Waals surface area contributed by atoms with E-state index in [4.69, 9.17) is 14.3 Å². The summed E-state index contributed by atoms with van der Waals surface area (Å²) >= 11 is 0. The molecule has 3 unspecified atom stereocenters. The minimum atomic E-state index is -1.03. The first-order valence-corrected chi connectivity index (χ1v) is 12.6. The van der Waals surface area contributed by atoms with E-state index in [-0.39, 0.29) is 23.0 Å². The highest BCUT2D eigenvalue weighted by molar-refractivity contribution is 6.23. The number of halogens is 1. The maximum atomic E-state index is 13.8. The van der Waals surface area contributed by atoms with E-state index in [1.54, 1.807) is 47.5 Å². The molecule has 9 heteroatoms. The zero-order valence-corrected chi connectivity index (χ0v) is 21.3. The van der Waals surface area contributed by atoms with Crippen LogP contribution < -0.4 is 19.4 Å². The average Bonchev–Trinajstić information content (AvgIpc) is 3.50. The normalized spacial score (nSPS) is 20.0. The monoisotopic (exact) mass is 538 g/mol. The predicted molar refractivity (Wildman–Crippen MR) is 143 cm³/mol. The van der Waals surface area contributed by atoms with Crippen molar-refractivity contribution in [1.82, 2.24) is 0 Å². The van der Waals surface area contributed by atoms with Gasteiger partial charge in [0.05, 0.1) is 30.1 Å². The van der Waals surface area contributed by atoms with Gasteiger partial charge in [0, 0.05) is 0 Å². The van der Waals surface area contributed by atoms with Gasteiger partial charge in [-0.25, -0.2) is 19.1 Å². The quantitative estimate of drug-likeness (QED) is 0.192. The number of esters is 1. The SMILES string of the molecule is COc1cc(C2C3C(=O)N(c4ccccc4)C(=O)C3ON2c2ccccc2)ccc1OC(=O)c1ccc(F)cc1. The van der Waals surface area contributed by atoms with Crippen molar-refractivity contribution >= 4 is 29.2 Å². The van der Waals surface area contributed by atoms with Gasteiger partial charge in [-0.05, 0) is 66.2 Å². The molecule has 3 atom stereocenters. The van der Waals surface area contributed by atoms with Crippen LogP contribution in [0, 0.1) is 11.7 Å². The predicted octanol–water partition coefficient (Wildman–Crippen LogP) is 5.10. The van der Waals surface area contributed by atoms with Crippen LogP contribution in [0.15, 0.2) is 103 Å². The highest BCUT2D eigenvalue weighted by Gasteiger charge is 2.60. The van der Waals surface area contributed by atoms with E-state index in [1.165, 1.54) is 36.3 Å². The molecule has 2 fully saturated rings. The first-order chi connectivity index (χ1) is 19.5. The summed E-state index contributed by atoms with van der Waals surface area (Å²) in [6.45, 7) is 0.